The van der Waals surface area contributed by atoms with Crippen LogP contribution in [0.2, 0.25) is 0 Å². The predicted octanol–water partition coefficient (Wildman–Crippen LogP) is 4.62. The van der Waals surface area contributed by atoms with Gasteiger partial charge in [-0.3, -0.25) is 24.5 Å². The van der Waals surface area contributed by atoms with Gasteiger partial charge in [-0.1, -0.05) is 23.8 Å². The number of nitro benzene ring substituents is 2. The van der Waals surface area contributed by atoms with E-state index in [1.54, 1.807) is 30.3 Å². The number of rotatable bonds is 5. The molecule has 4 rings (SSSR count). The highest BCUT2D eigenvalue weighted by molar-refractivity contribution is 7.92. The standard InChI is InChI=1S/C20H15N3O6S2/c1-13-4-6-17(7-5-13)31(28,29)21-12-14(9-16-3-2-8-30-16)20-18(21)10-15(22(24)25)11-19(20)23(26)27/h2-11H,12H2,1H3/b14-9+. The van der Waals surface area contributed by atoms with E-state index in [2.05, 4.69) is 0 Å². The van der Waals surface area contributed by atoms with E-state index in [0.29, 0.717) is 5.57 Å². The van der Waals surface area contributed by atoms with Gasteiger partial charge < -0.3 is 0 Å². The first-order chi connectivity index (χ1) is 14.7. The molecule has 0 fully saturated rings. The van der Waals surface area contributed by atoms with Gasteiger partial charge >= 0.3 is 0 Å². The minimum atomic E-state index is -4.11. The van der Waals surface area contributed by atoms with Gasteiger partial charge in [-0.25, -0.2) is 8.42 Å². The number of fused-ring (bicyclic) bond motifs is 1. The Kier molecular flexibility index (Phi) is 5.07. The topological polar surface area (TPSA) is 124 Å². The number of non-ortho nitro benzene ring substituents is 1. The van der Waals surface area contributed by atoms with E-state index in [0.717, 1.165) is 26.9 Å². The van der Waals surface area contributed by atoms with E-state index in [1.807, 2.05) is 12.3 Å². The molecule has 0 aliphatic carbocycles. The lowest BCUT2D eigenvalue weighted by Crippen LogP contribution is -2.29. The highest BCUT2D eigenvalue weighted by Gasteiger charge is 2.40. The van der Waals surface area contributed by atoms with Gasteiger partial charge in [0.1, 0.15) is 0 Å². The molecule has 0 amide bonds. The van der Waals surface area contributed by atoms with Crippen LogP contribution in [-0.2, 0) is 10.0 Å². The number of anilines is 1. The molecule has 0 saturated heterocycles. The van der Waals surface area contributed by atoms with E-state index in [9.17, 15) is 28.6 Å². The summed E-state index contributed by atoms with van der Waals surface area (Å²) in [5.74, 6) is 0. The van der Waals surface area contributed by atoms with Crippen molar-refractivity contribution in [2.45, 2.75) is 11.8 Å². The molecule has 3 aromatic rings. The van der Waals surface area contributed by atoms with Crippen LogP contribution in [0.5, 0.6) is 0 Å². The van der Waals surface area contributed by atoms with Crippen molar-refractivity contribution in [3.8, 4) is 0 Å². The largest absolute Gasteiger partial charge is 0.285 e. The van der Waals surface area contributed by atoms with Gasteiger partial charge in [0.25, 0.3) is 21.4 Å². The maximum atomic E-state index is 13.4. The van der Waals surface area contributed by atoms with Crippen LogP contribution in [0, 0.1) is 27.2 Å². The molecule has 1 aromatic heterocycles. The first-order valence-corrected chi connectivity index (χ1v) is 11.3. The summed E-state index contributed by atoms with van der Waals surface area (Å²) in [4.78, 5) is 22.4. The van der Waals surface area contributed by atoms with Crippen LogP contribution in [0.3, 0.4) is 0 Å². The van der Waals surface area contributed by atoms with Crippen molar-refractivity contribution in [3.05, 3.63) is 90.1 Å². The summed E-state index contributed by atoms with van der Waals surface area (Å²) in [5.41, 5.74) is 0.199. The number of aryl methyl sites for hydroxylation is 1. The molecule has 0 unspecified atom stereocenters. The van der Waals surface area contributed by atoms with Crippen LogP contribution in [0.1, 0.15) is 16.0 Å². The van der Waals surface area contributed by atoms with Crippen LogP contribution in [0.25, 0.3) is 11.6 Å². The number of nitro groups is 2. The van der Waals surface area contributed by atoms with Gasteiger partial charge in [0.05, 0.1) is 38.6 Å². The smallest absolute Gasteiger partial charge is 0.261 e. The Labute approximate surface area is 181 Å². The summed E-state index contributed by atoms with van der Waals surface area (Å²) < 4.78 is 27.8. The second-order valence-corrected chi connectivity index (χ2v) is 9.72. The average Bonchev–Trinajstić information content (AvgIpc) is 3.36. The van der Waals surface area contributed by atoms with Gasteiger partial charge in [-0.05, 0) is 42.2 Å². The number of sulfonamides is 1. The van der Waals surface area contributed by atoms with E-state index in [-0.39, 0.29) is 22.7 Å². The van der Waals surface area contributed by atoms with Crippen LogP contribution < -0.4 is 4.31 Å². The lowest BCUT2D eigenvalue weighted by atomic mass is 10.0. The molecule has 1 aliphatic rings. The average molecular weight is 457 g/mol. The molecular formula is C20H15N3O6S2. The molecule has 2 aromatic carbocycles. The van der Waals surface area contributed by atoms with Crippen LogP contribution in [-0.4, -0.2) is 24.8 Å². The number of hydrogen-bond acceptors (Lipinski definition) is 7. The maximum Gasteiger partial charge on any atom is 0.285 e. The number of benzene rings is 2. The van der Waals surface area contributed by atoms with Crippen molar-refractivity contribution in [2.24, 2.45) is 0 Å². The fourth-order valence-electron chi connectivity index (χ4n) is 3.41. The van der Waals surface area contributed by atoms with E-state index < -0.39 is 31.2 Å². The highest BCUT2D eigenvalue weighted by atomic mass is 32.2. The quantitative estimate of drug-likeness (QED) is 0.407. The summed E-state index contributed by atoms with van der Waals surface area (Å²) in [6.07, 6.45) is 1.67. The minimum absolute atomic E-state index is 0.00409. The molecule has 2 heterocycles. The Balaban J connectivity index is 1.97. The molecule has 0 spiro atoms. The fraction of sp³-hybridized carbons (Fsp3) is 0.100. The SMILES string of the molecule is Cc1ccc(S(=O)(=O)N2C/C(=C\c3cccs3)c3c2cc([N+](=O)[O-])cc3[N+](=O)[O-])cc1. The molecule has 31 heavy (non-hydrogen) atoms. The van der Waals surface area contributed by atoms with E-state index in [4.69, 9.17) is 0 Å². The van der Waals surface area contributed by atoms with Gasteiger partial charge in [0, 0.05) is 10.9 Å². The summed E-state index contributed by atoms with van der Waals surface area (Å²) >= 11 is 1.39. The normalized spacial score (nSPS) is 14.6. The predicted molar refractivity (Wildman–Crippen MR) is 118 cm³/mol. The van der Waals surface area contributed by atoms with Gasteiger partial charge in [0.15, 0.2) is 0 Å². The third kappa shape index (κ3) is 3.68. The minimum Gasteiger partial charge on any atom is -0.261 e. The van der Waals surface area contributed by atoms with Gasteiger partial charge in [-0.15, -0.1) is 11.3 Å². The summed E-state index contributed by atoms with van der Waals surface area (Å²) in [6, 6.07) is 11.7. The molecule has 1 aliphatic heterocycles. The van der Waals surface area contributed by atoms with Crippen LogP contribution >= 0.6 is 11.3 Å². The lowest BCUT2D eigenvalue weighted by molar-refractivity contribution is -0.394. The van der Waals surface area contributed by atoms with Crippen LogP contribution in [0.15, 0.2) is 58.8 Å². The second kappa shape index (κ2) is 7.60. The Morgan fingerprint density at radius 3 is 2.35 bits per heavy atom. The first-order valence-electron chi connectivity index (χ1n) is 8.99. The second-order valence-electron chi connectivity index (χ2n) is 6.88. The van der Waals surface area contributed by atoms with Crippen molar-refractivity contribution < 1.29 is 18.3 Å². The Morgan fingerprint density at radius 2 is 1.77 bits per heavy atom. The van der Waals surface area contributed by atoms with Gasteiger partial charge in [0.2, 0.25) is 0 Å². The summed E-state index contributed by atoms with van der Waals surface area (Å²) in [7, 11) is -4.11. The highest BCUT2D eigenvalue weighted by Crippen LogP contribution is 2.47. The molecule has 0 atom stereocenters. The molecule has 0 bridgehead atoms. The monoisotopic (exact) mass is 457 g/mol. The number of hydrogen-bond donors (Lipinski definition) is 0. The summed E-state index contributed by atoms with van der Waals surface area (Å²) in [5, 5.41) is 24.9. The number of thiophene rings is 1. The van der Waals surface area contributed by atoms with Crippen molar-refractivity contribution in [1.29, 1.82) is 0 Å². The Bertz CT molecular complexity index is 1330. The summed E-state index contributed by atoms with van der Waals surface area (Å²) in [6.45, 7) is 1.64. The molecule has 0 saturated carbocycles. The molecule has 9 nitrogen and oxygen atoms in total. The molecule has 0 N–H and O–H groups in total. The van der Waals surface area contributed by atoms with Crippen molar-refractivity contribution in [3.63, 3.8) is 0 Å². The molecule has 158 valence electrons. The number of nitrogens with zero attached hydrogens (tertiary/aromatic N) is 3. The Morgan fingerprint density at radius 1 is 1.06 bits per heavy atom. The maximum absolute atomic E-state index is 13.4. The zero-order valence-electron chi connectivity index (χ0n) is 16.1. The third-order valence-electron chi connectivity index (χ3n) is 4.86. The lowest BCUT2D eigenvalue weighted by Gasteiger charge is -2.19. The third-order valence-corrected chi connectivity index (χ3v) is 7.45. The van der Waals surface area contributed by atoms with Gasteiger partial charge in [-0.2, -0.15) is 0 Å². The van der Waals surface area contributed by atoms with Crippen LogP contribution in [0.4, 0.5) is 17.1 Å². The van der Waals surface area contributed by atoms with E-state index >= 15 is 0 Å². The van der Waals surface area contributed by atoms with Crippen molar-refractivity contribution >= 4 is 50.1 Å². The van der Waals surface area contributed by atoms with Crippen molar-refractivity contribution in [1.82, 2.24) is 0 Å². The van der Waals surface area contributed by atoms with Crippen molar-refractivity contribution in [2.75, 3.05) is 10.8 Å². The zero-order valence-corrected chi connectivity index (χ0v) is 17.7. The fourth-order valence-corrected chi connectivity index (χ4v) is 5.53. The zero-order chi connectivity index (χ0) is 22.3. The molecular weight excluding hydrogens is 442 g/mol. The Hall–Kier alpha value is -3.57. The first kappa shape index (κ1) is 20.7. The molecule has 0 radical (unpaired) electrons. The van der Waals surface area contributed by atoms with E-state index in [1.165, 1.54) is 23.5 Å². The molecule has 11 heteroatoms.